The van der Waals surface area contributed by atoms with Crippen LogP contribution in [-0.2, 0) is 9.53 Å². The minimum absolute atomic E-state index is 0.00470. The van der Waals surface area contributed by atoms with Crippen LogP contribution >= 0.6 is 0 Å². The average molecular weight is 172 g/mol. The van der Waals surface area contributed by atoms with Gasteiger partial charge in [0.05, 0.1) is 11.5 Å². The van der Waals surface area contributed by atoms with Gasteiger partial charge >= 0.3 is 5.97 Å². The van der Waals surface area contributed by atoms with Gasteiger partial charge in [-0.2, -0.15) is 0 Å². The summed E-state index contributed by atoms with van der Waals surface area (Å²) in [4.78, 5) is 11.5. The Hall–Kier alpha value is -0.530. The largest absolute Gasteiger partial charge is 0.463 e. The van der Waals surface area contributed by atoms with Gasteiger partial charge in [0, 0.05) is 0 Å². The fraction of sp³-hybridized carbons (Fsp3) is 0.900. The lowest BCUT2D eigenvalue weighted by Gasteiger charge is -2.25. The molecule has 0 aromatic carbocycles. The summed E-state index contributed by atoms with van der Waals surface area (Å²) in [6.07, 6.45) is 1.68. The van der Waals surface area contributed by atoms with E-state index in [-0.39, 0.29) is 17.5 Å². The molecule has 0 atom stereocenters. The fourth-order valence-corrected chi connectivity index (χ4v) is 0.895. The van der Waals surface area contributed by atoms with Crippen LogP contribution in [0.2, 0.25) is 0 Å². The van der Waals surface area contributed by atoms with Crippen LogP contribution in [0.1, 0.15) is 47.5 Å². The van der Waals surface area contributed by atoms with Gasteiger partial charge < -0.3 is 4.74 Å². The normalized spacial score (nSPS) is 11.8. The number of hydrogen-bond acceptors (Lipinski definition) is 2. The first-order chi connectivity index (χ1) is 5.46. The Kier molecular flexibility index (Phi) is 4.29. The van der Waals surface area contributed by atoms with Gasteiger partial charge in [-0.05, 0) is 33.6 Å². The zero-order valence-electron chi connectivity index (χ0n) is 8.81. The molecule has 0 fully saturated rings. The third-order valence-corrected chi connectivity index (χ3v) is 2.40. The highest BCUT2D eigenvalue weighted by atomic mass is 16.5. The maximum atomic E-state index is 11.5. The van der Waals surface area contributed by atoms with E-state index < -0.39 is 0 Å². The summed E-state index contributed by atoms with van der Waals surface area (Å²) < 4.78 is 5.16. The van der Waals surface area contributed by atoms with Crippen molar-refractivity contribution in [3.05, 3.63) is 0 Å². The highest BCUT2D eigenvalue weighted by Gasteiger charge is 2.31. The molecule has 0 amide bonds. The quantitative estimate of drug-likeness (QED) is 0.609. The van der Waals surface area contributed by atoms with Crippen LogP contribution in [0.5, 0.6) is 0 Å². The topological polar surface area (TPSA) is 26.3 Å². The molecule has 0 unspecified atom stereocenters. The molecule has 0 aliphatic heterocycles. The summed E-state index contributed by atoms with van der Waals surface area (Å²) in [5, 5.41) is 0. The SMILES string of the molecule is CCC(C)(CC)C(=O)OC(C)C. The molecule has 0 spiro atoms. The molecule has 0 radical (unpaired) electrons. The van der Waals surface area contributed by atoms with Crippen molar-refractivity contribution in [3.8, 4) is 0 Å². The van der Waals surface area contributed by atoms with Crippen molar-refractivity contribution >= 4 is 5.97 Å². The summed E-state index contributed by atoms with van der Waals surface area (Å²) in [7, 11) is 0. The Morgan fingerprint density at radius 3 is 2.00 bits per heavy atom. The van der Waals surface area contributed by atoms with Crippen molar-refractivity contribution < 1.29 is 9.53 Å². The second-order valence-electron chi connectivity index (χ2n) is 3.72. The first kappa shape index (κ1) is 11.5. The Labute approximate surface area is 75.3 Å². The standard InChI is InChI=1S/C10H20O2/c1-6-10(5,7-2)9(11)12-8(3)4/h8H,6-7H2,1-5H3. The lowest BCUT2D eigenvalue weighted by atomic mass is 9.85. The van der Waals surface area contributed by atoms with Crippen LogP contribution in [0.15, 0.2) is 0 Å². The van der Waals surface area contributed by atoms with Gasteiger partial charge in [0.15, 0.2) is 0 Å². The van der Waals surface area contributed by atoms with Crippen molar-refractivity contribution in [1.82, 2.24) is 0 Å². The molecule has 0 N–H and O–H groups in total. The first-order valence-corrected chi connectivity index (χ1v) is 4.67. The van der Waals surface area contributed by atoms with Gasteiger partial charge in [0.1, 0.15) is 0 Å². The smallest absolute Gasteiger partial charge is 0.312 e. The van der Waals surface area contributed by atoms with Crippen LogP contribution < -0.4 is 0 Å². The van der Waals surface area contributed by atoms with E-state index in [9.17, 15) is 4.79 Å². The molecule has 12 heavy (non-hydrogen) atoms. The summed E-state index contributed by atoms with van der Waals surface area (Å²) in [6, 6.07) is 0. The Morgan fingerprint density at radius 1 is 1.33 bits per heavy atom. The van der Waals surface area contributed by atoms with Crippen LogP contribution in [0.4, 0.5) is 0 Å². The van der Waals surface area contributed by atoms with Crippen LogP contribution in [0, 0.1) is 5.41 Å². The van der Waals surface area contributed by atoms with Crippen molar-refractivity contribution in [2.24, 2.45) is 5.41 Å². The number of carbonyl (C=O) groups excluding carboxylic acids is 1. The highest BCUT2D eigenvalue weighted by Crippen LogP contribution is 2.27. The summed E-state index contributed by atoms with van der Waals surface area (Å²) in [5.41, 5.74) is -0.287. The number of rotatable bonds is 4. The monoisotopic (exact) mass is 172 g/mol. The van der Waals surface area contributed by atoms with Gasteiger partial charge in [-0.3, -0.25) is 4.79 Å². The van der Waals surface area contributed by atoms with Gasteiger partial charge in [0.2, 0.25) is 0 Å². The maximum absolute atomic E-state index is 11.5. The Morgan fingerprint density at radius 2 is 1.75 bits per heavy atom. The molecule has 0 saturated heterocycles. The molecular weight excluding hydrogens is 152 g/mol. The Balaban J connectivity index is 4.22. The lowest BCUT2D eigenvalue weighted by Crippen LogP contribution is -2.30. The maximum Gasteiger partial charge on any atom is 0.312 e. The van der Waals surface area contributed by atoms with E-state index in [2.05, 4.69) is 0 Å². The molecule has 0 saturated carbocycles. The molecule has 0 aliphatic rings. The summed E-state index contributed by atoms with van der Waals surface area (Å²) in [6.45, 7) is 9.75. The predicted octanol–water partition coefficient (Wildman–Crippen LogP) is 2.76. The van der Waals surface area contributed by atoms with E-state index in [1.54, 1.807) is 0 Å². The van der Waals surface area contributed by atoms with Gasteiger partial charge in [0.25, 0.3) is 0 Å². The van der Waals surface area contributed by atoms with E-state index in [1.807, 2.05) is 34.6 Å². The van der Waals surface area contributed by atoms with Gasteiger partial charge in [-0.1, -0.05) is 13.8 Å². The molecule has 2 heteroatoms. The third kappa shape index (κ3) is 2.84. The van der Waals surface area contributed by atoms with Crippen molar-refractivity contribution in [2.45, 2.75) is 53.6 Å². The second-order valence-corrected chi connectivity index (χ2v) is 3.72. The van der Waals surface area contributed by atoms with E-state index >= 15 is 0 Å². The molecule has 72 valence electrons. The van der Waals surface area contributed by atoms with E-state index in [1.165, 1.54) is 0 Å². The first-order valence-electron chi connectivity index (χ1n) is 4.67. The molecule has 0 aromatic heterocycles. The van der Waals surface area contributed by atoms with E-state index in [0.29, 0.717) is 0 Å². The molecule has 2 nitrogen and oxygen atoms in total. The predicted molar refractivity (Wildman–Crippen MR) is 49.9 cm³/mol. The van der Waals surface area contributed by atoms with Crippen molar-refractivity contribution in [1.29, 1.82) is 0 Å². The zero-order valence-corrected chi connectivity index (χ0v) is 8.81. The summed E-state index contributed by atoms with van der Waals surface area (Å²) in [5.74, 6) is -0.0671. The lowest BCUT2D eigenvalue weighted by molar-refractivity contribution is -0.159. The van der Waals surface area contributed by atoms with E-state index in [0.717, 1.165) is 12.8 Å². The fourth-order valence-electron chi connectivity index (χ4n) is 0.895. The van der Waals surface area contributed by atoms with Crippen molar-refractivity contribution in [2.75, 3.05) is 0 Å². The average Bonchev–Trinajstić information content (AvgIpc) is 2.02. The highest BCUT2D eigenvalue weighted by molar-refractivity contribution is 5.76. The number of esters is 1. The molecule has 0 aliphatic carbocycles. The van der Waals surface area contributed by atoms with Gasteiger partial charge in [-0.25, -0.2) is 0 Å². The summed E-state index contributed by atoms with van der Waals surface area (Å²) >= 11 is 0. The van der Waals surface area contributed by atoms with Gasteiger partial charge in [-0.15, -0.1) is 0 Å². The Bertz CT molecular complexity index is 146. The minimum Gasteiger partial charge on any atom is -0.463 e. The van der Waals surface area contributed by atoms with Crippen LogP contribution in [0.3, 0.4) is 0 Å². The van der Waals surface area contributed by atoms with Crippen LogP contribution in [0.25, 0.3) is 0 Å². The number of carbonyl (C=O) groups is 1. The van der Waals surface area contributed by atoms with E-state index in [4.69, 9.17) is 4.74 Å². The zero-order chi connectivity index (χ0) is 9.78. The van der Waals surface area contributed by atoms with Crippen LogP contribution in [-0.4, -0.2) is 12.1 Å². The molecule has 0 aromatic rings. The third-order valence-electron chi connectivity index (χ3n) is 2.40. The molecule has 0 rings (SSSR count). The second kappa shape index (κ2) is 4.48. The molecule has 0 bridgehead atoms. The molecular formula is C10H20O2. The number of hydrogen-bond donors (Lipinski definition) is 0. The molecule has 0 heterocycles. The minimum atomic E-state index is -0.287. The van der Waals surface area contributed by atoms with Crippen molar-refractivity contribution in [3.63, 3.8) is 0 Å². The number of ether oxygens (including phenoxy) is 1.